The minimum atomic E-state index is -0.913. The minimum Gasteiger partial charge on any atom is -0.497 e. The Kier molecular flexibility index (Phi) is 5.39. The number of rotatable bonds is 6. The van der Waals surface area contributed by atoms with Crippen LogP contribution >= 0.6 is 0 Å². The van der Waals surface area contributed by atoms with E-state index in [9.17, 15) is 9.90 Å². The summed E-state index contributed by atoms with van der Waals surface area (Å²) in [6.45, 7) is 4.16. The molecule has 0 aliphatic heterocycles. The van der Waals surface area contributed by atoms with Crippen LogP contribution in [0.1, 0.15) is 42.5 Å². The molecule has 1 unspecified atom stereocenters. The van der Waals surface area contributed by atoms with Crippen LogP contribution in [0.3, 0.4) is 0 Å². The number of amides is 1. The van der Waals surface area contributed by atoms with Gasteiger partial charge in [0.1, 0.15) is 23.1 Å². The minimum absolute atomic E-state index is 0.184. The SMILES string of the molecule is CCCN(C)C(=O)c1c(-c2ccc(OC)cc2)noc1C(C)O. The highest BCUT2D eigenvalue weighted by atomic mass is 16.5. The molecule has 6 heteroatoms. The van der Waals surface area contributed by atoms with Crippen molar-refractivity contribution in [3.63, 3.8) is 0 Å². The van der Waals surface area contributed by atoms with Crippen molar-refractivity contribution >= 4 is 5.91 Å². The summed E-state index contributed by atoms with van der Waals surface area (Å²) in [6, 6.07) is 7.18. The van der Waals surface area contributed by atoms with Gasteiger partial charge in [-0.1, -0.05) is 12.1 Å². The van der Waals surface area contributed by atoms with Crippen molar-refractivity contribution in [2.45, 2.75) is 26.4 Å². The van der Waals surface area contributed by atoms with E-state index in [4.69, 9.17) is 9.26 Å². The van der Waals surface area contributed by atoms with Gasteiger partial charge in [-0.05, 0) is 37.6 Å². The zero-order chi connectivity index (χ0) is 17.0. The quantitative estimate of drug-likeness (QED) is 0.886. The van der Waals surface area contributed by atoms with E-state index in [1.807, 2.05) is 6.92 Å². The van der Waals surface area contributed by atoms with Gasteiger partial charge in [0, 0.05) is 19.2 Å². The molecule has 0 fully saturated rings. The van der Waals surface area contributed by atoms with Crippen molar-refractivity contribution in [3.05, 3.63) is 35.6 Å². The number of aromatic nitrogens is 1. The Morgan fingerprint density at radius 1 is 1.39 bits per heavy atom. The highest BCUT2D eigenvalue weighted by Gasteiger charge is 2.28. The van der Waals surface area contributed by atoms with Crippen LogP contribution in [0, 0.1) is 0 Å². The van der Waals surface area contributed by atoms with Crippen molar-refractivity contribution in [2.24, 2.45) is 0 Å². The molecule has 2 aromatic rings. The standard InChI is InChI=1S/C17H22N2O4/c1-5-10-19(3)17(21)14-15(18-23-16(14)11(2)20)12-6-8-13(22-4)9-7-12/h6-9,11,20H,5,10H2,1-4H3. The molecular weight excluding hydrogens is 296 g/mol. The molecule has 1 aromatic carbocycles. The summed E-state index contributed by atoms with van der Waals surface area (Å²) in [5, 5.41) is 13.9. The molecule has 124 valence electrons. The largest absolute Gasteiger partial charge is 0.497 e. The van der Waals surface area contributed by atoms with Crippen molar-refractivity contribution in [3.8, 4) is 17.0 Å². The van der Waals surface area contributed by atoms with E-state index in [0.29, 0.717) is 23.6 Å². The molecule has 0 saturated heterocycles. The van der Waals surface area contributed by atoms with E-state index in [1.165, 1.54) is 0 Å². The predicted molar refractivity (Wildman–Crippen MR) is 86.4 cm³/mol. The third kappa shape index (κ3) is 3.53. The Hall–Kier alpha value is -2.34. The molecule has 0 saturated carbocycles. The van der Waals surface area contributed by atoms with Gasteiger partial charge in [0.15, 0.2) is 5.76 Å². The van der Waals surface area contributed by atoms with Crippen LogP contribution in [0.5, 0.6) is 5.75 Å². The average molecular weight is 318 g/mol. The first-order valence-corrected chi connectivity index (χ1v) is 7.57. The fourth-order valence-corrected chi connectivity index (χ4v) is 2.37. The molecule has 1 N–H and O–H groups in total. The van der Waals surface area contributed by atoms with Crippen molar-refractivity contribution in [1.29, 1.82) is 0 Å². The number of aliphatic hydroxyl groups is 1. The third-order valence-corrected chi connectivity index (χ3v) is 3.58. The zero-order valence-electron chi connectivity index (χ0n) is 13.9. The van der Waals surface area contributed by atoms with Crippen molar-refractivity contribution < 1.29 is 19.2 Å². The number of methoxy groups -OCH3 is 1. The van der Waals surface area contributed by atoms with Crippen molar-refractivity contribution in [1.82, 2.24) is 10.1 Å². The molecule has 0 bridgehead atoms. The number of aliphatic hydroxyl groups excluding tert-OH is 1. The second-order valence-electron chi connectivity index (χ2n) is 5.40. The smallest absolute Gasteiger partial charge is 0.259 e. The molecule has 1 aromatic heterocycles. The monoisotopic (exact) mass is 318 g/mol. The van der Waals surface area contributed by atoms with Gasteiger partial charge >= 0.3 is 0 Å². The van der Waals surface area contributed by atoms with Crippen LogP contribution in [0.15, 0.2) is 28.8 Å². The van der Waals surface area contributed by atoms with Crippen LogP contribution in [0.25, 0.3) is 11.3 Å². The first-order valence-electron chi connectivity index (χ1n) is 7.57. The zero-order valence-corrected chi connectivity index (χ0v) is 13.9. The van der Waals surface area contributed by atoms with E-state index in [2.05, 4.69) is 5.16 Å². The maximum absolute atomic E-state index is 12.7. The summed E-state index contributed by atoms with van der Waals surface area (Å²) >= 11 is 0. The number of hydrogen-bond donors (Lipinski definition) is 1. The lowest BCUT2D eigenvalue weighted by Crippen LogP contribution is -2.28. The summed E-state index contributed by atoms with van der Waals surface area (Å²) in [7, 11) is 3.31. The lowest BCUT2D eigenvalue weighted by molar-refractivity contribution is 0.0783. The van der Waals surface area contributed by atoms with Crippen molar-refractivity contribution in [2.75, 3.05) is 20.7 Å². The molecule has 0 aliphatic rings. The fourth-order valence-electron chi connectivity index (χ4n) is 2.37. The molecule has 23 heavy (non-hydrogen) atoms. The lowest BCUT2D eigenvalue weighted by atomic mass is 10.0. The van der Waals surface area contributed by atoms with E-state index in [0.717, 1.165) is 12.0 Å². The Morgan fingerprint density at radius 2 is 2.04 bits per heavy atom. The summed E-state index contributed by atoms with van der Waals surface area (Å²) in [6.07, 6.45) is -0.0708. The van der Waals surface area contributed by atoms with Crippen LogP contribution in [0.4, 0.5) is 0 Å². The first-order chi connectivity index (χ1) is 11.0. The number of ether oxygens (including phenoxy) is 1. The van der Waals surface area contributed by atoms with Gasteiger partial charge in [0.2, 0.25) is 0 Å². The second-order valence-corrected chi connectivity index (χ2v) is 5.40. The Morgan fingerprint density at radius 3 is 2.57 bits per heavy atom. The molecule has 1 amide bonds. The van der Waals surface area contributed by atoms with E-state index in [1.54, 1.807) is 50.2 Å². The van der Waals surface area contributed by atoms with E-state index < -0.39 is 6.10 Å². The van der Waals surface area contributed by atoms with Gasteiger partial charge in [-0.2, -0.15) is 0 Å². The van der Waals surface area contributed by atoms with Gasteiger partial charge < -0.3 is 19.3 Å². The van der Waals surface area contributed by atoms with Gasteiger partial charge in [-0.3, -0.25) is 4.79 Å². The molecular formula is C17H22N2O4. The molecule has 2 rings (SSSR count). The second kappa shape index (κ2) is 7.28. The number of carbonyl (C=O) groups is 1. The normalized spacial score (nSPS) is 12.0. The maximum Gasteiger partial charge on any atom is 0.259 e. The summed E-state index contributed by atoms with van der Waals surface area (Å²) < 4.78 is 10.4. The molecule has 0 radical (unpaired) electrons. The maximum atomic E-state index is 12.7. The van der Waals surface area contributed by atoms with Gasteiger partial charge in [-0.25, -0.2) is 0 Å². The van der Waals surface area contributed by atoms with Crippen LogP contribution in [-0.2, 0) is 0 Å². The number of nitrogens with zero attached hydrogens (tertiary/aromatic N) is 2. The Balaban J connectivity index is 2.49. The molecule has 0 spiro atoms. The highest BCUT2D eigenvalue weighted by molar-refractivity contribution is 6.00. The number of benzene rings is 1. The molecule has 0 aliphatic carbocycles. The first kappa shape index (κ1) is 17.0. The van der Waals surface area contributed by atoms with E-state index >= 15 is 0 Å². The van der Waals surface area contributed by atoms with Crippen LogP contribution in [-0.4, -0.2) is 41.8 Å². The number of carbonyl (C=O) groups excluding carboxylic acids is 1. The highest BCUT2D eigenvalue weighted by Crippen LogP contribution is 2.31. The van der Waals surface area contributed by atoms with Crippen LogP contribution < -0.4 is 4.74 Å². The molecule has 6 nitrogen and oxygen atoms in total. The average Bonchev–Trinajstić information content (AvgIpc) is 2.99. The summed E-state index contributed by atoms with van der Waals surface area (Å²) in [4.78, 5) is 14.3. The number of hydrogen-bond acceptors (Lipinski definition) is 5. The fraction of sp³-hybridized carbons (Fsp3) is 0.412. The predicted octanol–water partition coefficient (Wildman–Crippen LogP) is 2.89. The summed E-state index contributed by atoms with van der Waals surface area (Å²) in [5.41, 5.74) is 1.47. The topological polar surface area (TPSA) is 75.8 Å². The lowest BCUT2D eigenvalue weighted by Gasteiger charge is -2.17. The van der Waals surface area contributed by atoms with Gasteiger partial charge in [0.25, 0.3) is 5.91 Å². The van der Waals surface area contributed by atoms with Gasteiger partial charge in [0.05, 0.1) is 7.11 Å². The van der Waals surface area contributed by atoms with E-state index in [-0.39, 0.29) is 11.7 Å². The Bertz CT molecular complexity index is 662. The van der Waals surface area contributed by atoms with Gasteiger partial charge in [-0.15, -0.1) is 0 Å². The third-order valence-electron chi connectivity index (χ3n) is 3.58. The Labute approximate surface area is 135 Å². The van der Waals surface area contributed by atoms with Crippen LogP contribution in [0.2, 0.25) is 0 Å². The summed E-state index contributed by atoms with van der Waals surface area (Å²) in [5.74, 6) is 0.683. The molecule has 1 atom stereocenters. The molecule has 1 heterocycles.